The number of hydrogen-bond acceptors (Lipinski definition) is 6. The predicted octanol–water partition coefficient (Wildman–Crippen LogP) is 2.03. The lowest BCUT2D eigenvalue weighted by Gasteiger charge is -2.17. The average Bonchev–Trinajstić information content (AvgIpc) is 2.60. The lowest BCUT2D eigenvalue weighted by molar-refractivity contribution is -0.138. The van der Waals surface area contributed by atoms with Crippen LogP contribution in [0.3, 0.4) is 0 Å². The van der Waals surface area contributed by atoms with E-state index in [9.17, 15) is 13.2 Å². The first-order valence-electron chi connectivity index (χ1n) is 7.02. The van der Waals surface area contributed by atoms with Gasteiger partial charge in [0.2, 0.25) is 12.3 Å². The number of ether oxygens (including phenoxy) is 1. The molecule has 1 aromatic heterocycles. The topological polar surface area (TPSA) is 102 Å². The molecule has 4 N–H and O–H groups in total. The van der Waals surface area contributed by atoms with Crippen LogP contribution in [0, 0.1) is 6.92 Å². The number of halogens is 3. The van der Waals surface area contributed by atoms with Crippen molar-refractivity contribution in [1.82, 2.24) is 15.4 Å². The molecule has 136 valence electrons. The van der Waals surface area contributed by atoms with Gasteiger partial charge in [-0.3, -0.25) is 15.2 Å². The molecule has 1 heterocycles. The molecule has 0 aliphatic heterocycles. The van der Waals surface area contributed by atoms with Crippen molar-refractivity contribution in [2.45, 2.75) is 19.7 Å². The molecule has 10 heteroatoms. The van der Waals surface area contributed by atoms with Gasteiger partial charge in [-0.15, -0.1) is 0 Å². The highest BCUT2D eigenvalue weighted by Crippen LogP contribution is 2.35. The zero-order valence-corrected chi connectivity index (χ0v) is 13.6. The maximum atomic E-state index is 13.1. The molecule has 0 atom stereocenters. The van der Waals surface area contributed by atoms with Gasteiger partial charge in [0.25, 0.3) is 0 Å². The fourth-order valence-corrected chi connectivity index (χ4v) is 1.92. The maximum absolute atomic E-state index is 13.1. The van der Waals surface area contributed by atoms with Crippen LogP contribution < -0.4 is 21.3 Å². The van der Waals surface area contributed by atoms with E-state index in [1.54, 1.807) is 25.5 Å². The highest BCUT2D eigenvalue weighted by molar-refractivity contribution is 5.55. The van der Waals surface area contributed by atoms with Crippen molar-refractivity contribution in [2.24, 2.45) is 5.84 Å². The van der Waals surface area contributed by atoms with Gasteiger partial charge < -0.3 is 10.1 Å². The summed E-state index contributed by atoms with van der Waals surface area (Å²) in [6, 6.07) is 3.95. The Morgan fingerprint density at radius 3 is 2.44 bits per heavy atom. The van der Waals surface area contributed by atoms with Crippen molar-refractivity contribution in [2.75, 3.05) is 12.4 Å². The lowest BCUT2D eigenvalue weighted by Crippen LogP contribution is -2.18. The molecule has 0 saturated heterocycles. The van der Waals surface area contributed by atoms with E-state index in [0.29, 0.717) is 17.8 Å². The second-order valence-corrected chi connectivity index (χ2v) is 4.60. The summed E-state index contributed by atoms with van der Waals surface area (Å²) in [4.78, 5) is 16.9. The number of rotatable bonds is 5. The summed E-state index contributed by atoms with van der Waals surface area (Å²) in [5, 5.41) is 2.74. The number of carbonyl (C=O) groups is 1. The molecule has 2 rings (SSSR count). The maximum Gasteiger partial charge on any atom is 0.416 e. The van der Waals surface area contributed by atoms with Gasteiger partial charge in [-0.1, -0.05) is 6.07 Å². The quantitative estimate of drug-likeness (QED) is 0.328. The molecule has 0 spiro atoms. The zero-order valence-electron chi connectivity index (χ0n) is 13.6. The molecular formula is C15H18F3N5O2. The Hall–Kier alpha value is -2.88. The fraction of sp³-hybridized carbons (Fsp3) is 0.267. The van der Waals surface area contributed by atoms with Gasteiger partial charge in [-0.05, 0) is 19.1 Å². The summed E-state index contributed by atoms with van der Waals surface area (Å²) < 4.78 is 44.6. The van der Waals surface area contributed by atoms with Crippen LogP contribution in [0.2, 0.25) is 0 Å². The second kappa shape index (κ2) is 9.42. The number of nitrogens with one attached hydrogen (secondary N) is 2. The van der Waals surface area contributed by atoms with Crippen molar-refractivity contribution in [3.8, 4) is 5.88 Å². The smallest absolute Gasteiger partial charge is 0.416 e. The minimum atomic E-state index is -4.44. The van der Waals surface area contributed by atoms with E-state index in [0.717, 1.165) is 6.07 Å². The van der Waals surface area contributed by atoms with E-state index in [1.807, 2.05) is 0 Å². The molecule has 1 aromatic carbocycles. The van der Waals surface area contributed by atoms with Gasteiger partial charge in [0.15, 0.2) is 0 Å². The average molecular weight is 357 g/mol. The van der Waals surface area contributed by atoms with Crippen molar-refractivity contribution in [1.29, 1.82) is 0 Å². The van der Waals surface area contributed by atoms with Crippen LogP contribution in [0.15, 0.2) is 30.6 Å². The van der Waals surface area contributed by atoms with Crippen LogP contribution in [0.5, 0.6) is 5.88 Å². The first kappa shape index (κ1) is 20.2. The Morgan fingerprint density at radius 1 is 1.28 bits per heavy atom. The minimum Gasteiger partial charge on any atom is -0.471 e. The second-order valence-electron chi connectivity index (χ2n) is 4.60. The van der Waals surface area contributed by atoms with Crippen molar-refractivity contribution >= 4 is 12.1 Å². The number of aromatic nitrogens is 2. The summed E-state index contributed by atoms with van der Waals surface area (Å²) >= 11 is 0. The number of aryl methyl sites for hydroxylation is 1. The van der Waals surface area contributed by atoms with E-state index >= 15 is 0 Å². The predicted molar refractivity (Wildman–Crippen MR) is 85.5 cm³/mol. The molecule has 0 saturated carbocycles. The molecule has 0 aliphatic rings. The summed E-state index contributed by atoms with van der Waals surface area (Å²) in [5.74, 6) is 4.63. The summed E-state index contributed by atoms with van der Waals surface area (Å²) in [7, 11) is 1.56. The van der Waals surface area contributed by atoms with E-state index in [-0.39, 0.29) is 18.1 Å². The number of hydrogen-bond donors (Lipinski definition) is 3. The zero-order chi connectivity index (χ0) is 18.9. The monoisotopic (exact) mass is 357 g/mol. The van der Waals surface area contributed by atoms with Crippen LogP contribution in [0.4, 0.5) is 18.9 Å². The van der Waals surface area contributed by atoms with Crippen LogP contribution in [0.25, 0.3) is 0 Å². The van der Waals surface area contributed by atoms with E-state index in [1.165, 1.54) is 18.5 Å². The minimum absolute atomic E-state index is 0.0394. The van der Waals surface area contributed by atoms with Crippen LogP contribution >= 0.6 is 0 Å². The van der Waals surface area contributed by atoms with E-state index in [4.69, 9.17) is 9.53 Å². The molecule has 2 aromatic rings. The van der Waals surface area contributed by atoms with Crippen LogP contribution in [-0.4, -0.2) is 23.4 Å². The molecule has 1 amide bonds. The number of nitrogens with zero attached hydrogens (tertiary/aromatic N) is 2. The molecule has 7 nitrogen and oxygen atoms in total. The van der Waals surface area contributed by atoms with Crippen molar-refractivity contribution < 1.29 is 22.7 Å². The van der Waals surface area contributed by atoms with Crippen molar-refractivity contribution in [3.63, 3.8) is 0 Å². The Bertz CT molecular complexity index is 695. The number of hydrazine groups is 1. The molecule has 25 heavy (non-hydrogen) atoms. The summed E-state index contributed by atoms with van der Waals surface area (Å²) in [6.45, 7) is 1.43. The highest BCUT2D eigenvalue weighted by Gasteiger charge is 2.34. The van der Waals surface area contributed by atoms with E-state index in [2.05, 4.69) is 21.1 Å². The fourth-order valence-electron chi connectivity index (χ4n) is 1.92. The molecule has 0 bridgehead atoms. The van der Waals surface area contributed by atoms with Gasteiger partial charge in [-0.25, -0.2) is 10.8 Å². The normalized spacial score (nSPS) is 10.3. The van der Waals surface area contributed by atoms with Crippen molar-refractivity contribution in [3.05, 3.63) is 47.4 Å². The van der Waals surface area contributed by atoms with Gasteiger partial charge in [0.05, 0.1) is 11.3 Å². The molecular weight excluding hydrogens is 339 g/mol. The third kappa shape index (κ3) is 5.92. The highest BCUT2D eigenvalue weighted by atomic mass is 19.4. The molecule has 0 aliphatic carbocycles. The molecule has 0 unspecified atom stereocenters. The Morgan fingerprint density at radius 2 is 1.92 bits per heavy atom. The first-order chi connectivity index (χ1) is 11.8. The van der Waals surface area contributed by atoms with Gasteiger partial charge in [0, 0.05) is 30.7 Å². The number of carbonyl (C=O) groups excluding carboxylic acids is 1. The molecule has 0 fully saturated rings. The lowest BCUT2D eigenvalue weighted by atomic mass is 10.1. The van der Waals surface area contributed by atoms with Gasteiger partial charge in [0.1, 0.15) is 6.61 Å². The van der Waals surface area contributed by atoms with Crippen LogP contribution in [0.1, 0.15) is 16.8 Å². The SMILES string of the molecule is CNc1cccc(C(F)(F)F)c1COc1nccnc1C.NNC=O. The Balaban J connectivity index is 0.000000705. The Labute approximate surface area is 142 Å². The largest absolute Gasteiger partial charge is 0.471 e. The van der Waals surface area contributed by atoms with E-state index < -0.39 is 11.7 Å². The van der Waals surface area contributed by atoms with Crippen LogP contribution in [-0.2, 0) is 17.6 Å². The number of anilines is 1. The summed E-state index contributed by atoms with van der Waals surface area (Å²) in [6.07, 6.45) is -1.12. The third-order valence-electron chi connectivity index (χ3n) is 3.01. The third-order valence-corrected chi connectivity index (χ3v) is 3.01. The number of nitrogens with two attached hydrogens (primary N) is 1. The number of alkyl halides is 3. The van der Waals surface area contributed by atoms with Gasteiger partial charge >= 0.3 is 6.18 Å². The number of amides is 1. The Kier molecular flexibility index (Phi) is 7.60. The number of benzene rings is 1. The standard InChI is InChI=1S/C14H14F3N3O.CH4N2O/c1-9-13(20-7-6-19-9)21-8-10-11(14(15,16)17)4-3-5-12(10)18-2;2-3-1-4/h3-7,18H,8H2,1-2H3;1H,2H2,(H,3,4). The first-order valence-corrected chi connectivity index (χ1v) is 7.02. The molecule has 0 radical (unpaired) electrons. The summed E-state index contributed by atoms with van der Waals surface area (Å²) in [5.41, 5.74) is 1.95. The van der Waals surface area contributed by atoms with Gasteiger partial charge in [-0.2, -0.15) is 13.2 Å².